The first kappa shape index (κ1) is 15.1. The van der Waals surface area contributed by atoms with E-state index in [1.165, 1.54) is 0 Å². The lowest BCUT2D eigenvalue weighted by atomic mass is 10.2. The molecule has 1 aliphatic rings. The van der Waals surface area contributed by atoms with Gasteiger partial charge in [0.25, 0.3) is 0 Å². The van der Waals surface area contributed by atoms with Gasteiger partial charge in [-0.3, -0.25) is 9.80 Å². The van der Waals surface area contributed by atoms with E-state index in [1.54, 1.807) is 21.3 Å². The molecule has 0 aliphatic carbocycles. The molecule has 0 unspecified atom stereocenters. The van der Waals surface area contributed by atoms with Crippen molar-refractivity contribution < 1.29 is 13.3 Å². The van der Waals surface area contributed by atoms with Gasteiger partial charge in [-0.15, -0.1) is 0 Å². The van der Waals surface area contributed by atoms with Crippen molar-refractivity contribution in [3.05, 3.63) is 0 Å². The van der Waals surface area contributed by atoms with Gasteiger partial charge in [0.1, 0.15) is 0 Å². The van der Waals surface area contributed by atoms with Gasteiger partial charge in [-0.1, -0.05) is 0 Å². The van der Waals surface area contributed by atoms with Gasteiger partial charge >= 0.3 is 8.80 Å². The van der Waals surface area contributed by atoms with Crippen LogP contribution in [0.3, 0.4) is 0 Å². The molecule has 0 bridgehead atoms. The summed E-state index contributed by atoms with van der Waals surface area (Å²) in [6, 6.07) is 0.884. The molecule has 0 aromatic carbocycles. The first-order chi connectivity index (χ1) is 8.08. The molecule has 0 aromatic rings. The van der Waals surface area contributed by atoms with Crippen LogP contribution in [0.4, 0.5) is 0 Å². The summed E-state index contributed by atoms with van der Waals surface area (Å²) in [5.41, 5.74) is 0. The maximum absolute atomic E-state index is 5.42. The van der Waals surface area contributed by atoms with Crippen molar-refractivity contribution in [2.75, 3.05) is 48.5 Å². The molecule has 0 amide bonds. The van der Waals surface area contributed by atoms with E-state index in [9.17, 15) is 0 Å². The highest BCUT2D eigenvalue weighted by Crippen LogP contribution is 2.21. The Morgan fingerprint density at radius 3 is 1.88 bits per heavy atom. The zero-order valence-corrected chi connectivity index (χ0v) is 12.7. The fourth-order valence-electron chi connectivity index (χ4n) is 2.45. The molecule has 0 aromatic heterocycles. The molecule has 17 heavy (non-hydrogen) atoms. The molecule has 102 valence electrons. The number of likely N-dealkylation sites (N-methyl/N-ethyl adjacent to an activating group) is 2. The summed E-state index contributed by atoms with van der Waals surface area (Å²) >= 11 is 0. The van der Waals surface area contributed by atoms with Gasteiger partial charge in [-0.2, -0.15) is 0 Å². The van der Waals surface area contributed by atoms with Crippen LogP contribution in [0.1, 0.15) is 12.8 Å². The predicted molar refractivity (Wildman–Crippen MR) is 69.9 cm³/mol. The second-order valence-corrected chi connectivity index (χ2v) is 7.72. The van der Waals surface area contributed by atoms with Crippen LogP contribution in [0.15, 0.2) is 0 Å². The molecule has 1 fully saturated rings. The van der Waals surface area contributed by atoms with E-state index >= 15 is 0 Å². The van der Waals surface area contributed by atoms with Gasteiger partial charge in [-0.25, -0.2) is 0 Å². The van der Waals surface area contributed by atoms with E-state index in [4.69, 9.17) is 13.3 Å². The summed E-state index contributed by atoms with van der Waals surface area (Å²) in [6.07, 6.45) is 2.76. The topological polar surface area (TPSA) is 34.2 Å². The molecule has 0 spiro atoms. The number of hydrogen-bond acceptors (Lipinski definition) is 5. The standard InChI is InChI=1S/C11H26N2O3Si/c1-12-8-9-13(2)11(12)7-6-10-17(14-3,15-4)16-5/h11H,6-10H2,1-5H3. The number of hydrogen-bond donors (Lipinski definition) is 0. The first-order valence-corrected chi connectivity index (χ1v) is 8.07. The molecule has 0 N–H and O–H groups in total. The molecule has 1 aliphatic heterocycles. The van der Waals surface area contributed by atoms with Crippen LogP contribution < -0.4 is 0 Å². The SMILES string of the molecule is CO[Si](CCCC1N(C)CCN1C)(OC)OC. The molecule has 6 heteroatoms. The number of nitrogens with zero attached hydrogens (tertiary/aromatic N) is 2. The van der Waals surface area contributed by atoms with Crippen molar-refractivity contribution in [2.24, 2.45) is 0 Å². The Bertz CT molecular complexity index is 208. The summed E-state index contributed by atoms with van der Waals surface area (Å²) in [6.45, 7) is 2.31. The summed E-state index contributed by atoms with van der Waals surface area (Å²) in [5, 5.41) is 0. The lowest BCUT2D eigenvalue weighted by molar-refractivity contribution is 0.119. The maximum Gasteiger partial charge on any atom is 0.500 e. The van der Waals surface area contributed by atoms with Crippen LogP contribution >= 0.6 is 0 Å². The first-order valence-electron chi connectivity index (χ1n) is 6.14. The highest BCUT2D eigenvalue weighted by Gasteiger charge is 2.37. The minimum absolute atomic E-state index is 0.548. The summed E-state index contributed by atoms with van der Waals surface area (Å²) in [4.78, 5) is 4.80. The van der Waals surface area contributed by atoms with Crippen molar-refractivity contribution in [3.8, 4) is 0 Å². The van der Waals surface area contributed by atoms with Gasteiger partial charge < -0.3 is 13.3 Å². The third-order valence-corrected chi connectivity index (χ3v) is 6.53. The van der Waals surface area contributed by atoms with Crippen LogP contribution in [0.25, 0.3) is 0 Å². The van der Waals surface area contributed by atoms with Crippen molar-refractivity contribution >= 4 is 8.80 Å². The number of rotatable bonds is 7. The van der Waals surface area contributed by atoms with Crippen LogP contribution in [0, 0.1) is 0 Å². The van der Waals surface area contributed by atoms with Gasteiger partial charge in [-0.05, 0) is 26.9 Å². The fraction of sp³-hybridized carbons (Fsp3) is 1.00. The molecule has 0 radical (unpaired) electrons. The van der Waals surface area contributed by atoms with E-state index in [2.05, 4.69) is 23.9 Å². The quantitative estimate of drug-likeness (QED) is 0.635. The zero-order valence-electron chi connectivity index (χ0n) is 11.7. The third-order valence-electron chi connectivity index (χ3n) is 3.70. The Morgan fingerprint density at radius 2 is 1.47 bits per heavy atom. The largest absolute Gasteiger partial charge is 0.500 e. The predicted octanol–water partition coefficient (Wildman–Crippen LogP) is 0.848. The van der Waals surface area contributed by atoms with E-state index in [-0.39, 0.29) is 0 Å². The monoisotopic (exact) mass is 262 g/mol. The summed E-state index contributed by atoms with van der Waals surface area (Å²) in [7, 11) is 7.02. The van der Waals surface area contributed by atoms with E-state index in [1.807, 2.05) is 0 Å². The van der Waals surface area contributed by atoms with Crippen LogP contribution in [-0.4, -0.2) is 73.3 Å². The molecule has 0 atom stereocenters. The molecule has 0 saturated carbocycles. The minimum atomic E-state index is -2.37. The average Bonchev–Trinajstić information content (AvgIpc) is 2.66. The maximum atomic E-state index is 5.42. The van der Waals surface area contributed by atoms with Gasteiger partial charge in [0.05, 0.1) is 6.17 Å². The Labute approximate surface area is 106 Å². The van der Waals surface area contributed by atoms with Crippen molar-refractivity contribution in [1.82, 2.24) is 9.80 Å². The lowest BCUT2D eigenvalue weighted by Crippen LogP contribution is -2.43. The Morgan fingerprint density at radius 1 is 1.00 bits per heavy atom. The molecule has 5 nitrogen and oxygen atoms in total. The van der Waals surface area contributed by atoms with Crippen molar-refractivity contribution in [3.63, 3.8) is 0 Å². The van der Waals surface area contributed by atoms with Crippen LogP contribution in [0.2, 0.25) is 6.04 Å². The van der Waals surface area contributed by atoms with Gasteiger partial charge in [0, 0.05) is 40.5 Å². The smallest absolute Gasteiger partial charge is 0.377 e. The summed E-state index contributed by atoms with van der Waals surface area (Å²) in [5.74, 6) is 0. The minimum Gasteiger partial charge on any atom is -0.377 e. The molecule has 1 rings (SSSR count). The molecule has 1 saturated heterocycles. The Balaban J connectivity index is 2.35. The van der Waals surface area contributed by atoms with E-state index < -0.39 is 8.80 Å². The molecule has 1 heterocycles. The van der Waals surface area contributed by atoms with Crippen molar-refractivity contribution in [2.45, 2.75) is 25.1 Å². The van der Waals surface area contributed by atoms with Crippen LogP contribution in [-0.2, 0) is 13.3 Å². The molecular formula is C11H26N2O3Si. The highest BCUT2D eigenvalue weighted by molar-refractivity contribution is 6.60. The third kappa shape index (κ3) is 3.74. The summed E-state index contributed by atoms with van der Waals surface area (Å²) < 4.78 is 16.3. The second-order valence-electron chi connectivity index (χ2n) is 4.63. The molecular weight excluding hydrogens is 236 g/mol. The van der Waals surface area contributed by atoms with Crippen LogP contribution in [0.5, 0.6) is 0 Å². The normalized spacial score (nSPS) is 20.3. The fourth-order valence-corrected chi connectivity index (χ4v) is 4.20. The van der Waals surface area contributed by atoms with E-state index in [0.717, 1.165) is 32.0 Å². The Kier molecular flexibility index (Phi) is 6.05. The van der Waals surface area contributed by atoms with Gasteiger partial charge in [0.2, 0.25) is 0 Å². The Hall–Kier alpha value is 0.0169. The van der Waals surface area contributed by atoms with E-state index in [0.29, 0.717) is 6.17 Å². The van der Waals surface area contributed by atoms with Gasteiger partial charge in [0.15, 0.2) is 0 Å². The lowest BCUT2D eigenvalue weighted by Gasteiger charge is -2.27. The zero-order chi connectivity index (χ0) is 12.9. The van der Waals surface area contributed by atoms with Crippen molar-refractivity contribution in [1.29, 1.82) is 0 Å². The highest BCUT2D eigenvalue weighted by atomic mass is 28.4. The second kappa shape index (κ2) is 6.82. The average molecular weight is 262 g/mol.